The van der Waals surface area contributed by atoms with Crippen LogP contribution in [0.1, 0.15) is 43.1 Å². The predicted molar refractivity (Wildman–Crippen MR) is 74.6 cm³/mol. The summed E-state index contributed by atoms with van der Waals surface area (Å²) in [5.74, 6) is -0.105. The van der Waals surface area contributed by atoms with Gasteiger partial charge in [-0.2, -0.15) is 0 Å². The highest BCUT2D eigenvalue weighted by Crippen LogP contribution is 2.34. The van der Waals surface area contributed by atoms with Gasteiger partial charge in [-0.05, 0) is 36.8 Å². The Morgan fingerprint density at radius 2 is 2.05 bits per heavy atom. The third kappa shape index (κ3) is 2.96. The van der Waals surface area contributed by atoms with Gasteiger partial charge in [0.2, 0.25) is 0 Å². The number of carbonyl (C=O) groups is 1. The Hall–Kier alpha value is -1.38. The smallest absolute Gasteiger partial charge is 0.256 e. The maximum Gasteiger partial charge on any atom is 0.256 e. The van der Waals surface area contributed by atoms with Gasteiger partial charge < -0.3 is 4.90 Å². The van der Waals surface area contributed by atoms with Crippen LogP contribution in [0.5, 0.6) is 0 Å². The molecule has 2 rings (SSSR count). The normalized spacial score (nSPS) is 19.8. The summed E-state index contributed by atoms with van der Waals surface area (Å²) in [5, 5.41) is 0. The van der Waals surface area contributed by atoms with Crippen LogP contribution in [0.25, 0.3) is 0 Å². The molecule has 104 valence electrons. The zero-order valence-corrected chi connectivity index (χ0v) is 12.2. The molecule has 1 unspecified atom stereocenters. The molecule has 0 bridgehead atoms. The van der Waals surface area contributed by atoms with Crippen molar-refractivity contribution < 1.29 is 9.18 Å². The van der Waals surface area contributed by atoms with Crippen molar-refractivity contribution in [3.05, 3.63) is 35.1 Å². The molecule has 0 spiro atoms. The molecule has 2 nitrogen and oxygen atoms in total. The van der Waals surface area contributed by atoms with Crippen molar-refractivity contribution in [2.24, 2.45) is 11.3 Å². The first-order valence-corrected chi connectivity index (χ1v) is 6.84. The van der Waals surface area contributed by atoms with Crippen LogP contribution in [-0.4, -0.2) is 23.9 Å². The van der Waals surface area contributed by atoms with Gasteiger partial charge in [0.05, 0.1) is 5.56 Å². The fourth-order valence-electron chi connectivity index (χ4n) is 2.62. The van der Waals surface area contributed by atoms with E-state index >= 15 is 0 Å². The minimum absolute atomic E-state index is 0.173. The number of rotatable bonds is 1. The molecule has 19 heavy (non-hydrogen) atoms. The first-order chi connectivity index (χ1) is 8.79. The molecule has 1 amide bonds. The Labute approximate surface area is 114 Å². The number of carbonyl (C=O) groups excluding carboxylic acids is 1. The molecule has 0 radical (unpaired) electrons. The van der Waals surface area contributed by atoms with Gasteiger partial charge in [-0.15, -0.1) is 0 Å². The van der Waals surface area contributed by atoms with Crippen molar-refractivity contribution >= 4 is 5.91 Å². The van der Waals surface area contributed by atoms with Crippen LogP contribution in [0, 0.1) is 24.1 Å². The first-order valence-electron chi connectivity index (χ1n) is 6.84. The van der Waals surface area contributed by atoms with E-state index in [1.807, 2.05) is 6.92 Å². The third-order valence-electron chi connectivity index (χ3n) is 4.05. The van der Waals surface area contributed by atoms with Crippen LogP contribution in [-0.2, 0) is 0 Å². The number of hydrogen-bond acceptors (Lipinski definition) is 1. The van der Waals surface area contributed by atoms with E-state index in [2.05, 4.69) is 20.8 Å². The maximum absolute atomic E-state index is 13.8. The molecule has 1 aromatic carbocycles. The molecule has 1 heterocycles. The average molecular weight is 263 g/mol. The van der Waals surface area contributed by atoms with E-state index in [-0.39, 0.29) is 16.9 Å². The highest BCUT2D eigenvalue weighted by molar-refractivity contribution is 5.94. The second kappa shape index (κ2) is 4.95. The van der Waals surface area contributed by atoms with Crippen LogP contribution in [0.15, 0.2) is 18.2 Å². The number of halogens is 1. The number of benzene rings is 1. The van der Waals surface area contributed by atoms with E-state index in [9.17, 15) is 9.18 Å². The van der Waals surface area contributed by atoms with Gasteiger partial charge in [0.1, 0.15) is 5.82 Å². The van der Waals surface area contributed by atoms with Gasteiger partial charge in [-0.1, -0.05) is 32.4 Å². The summed E-state index contributed by atoms with van der Waals surface area (Å²) in [6.07, 6.45) is 1.00. The molecule has 1 saturated heterocycles. The van der Waals surface area contributed by atoms with Crippen molar-refractivity contribution in [3.63, 3.8) is 0 Å². The Bertz CT molecular complexity index is 490. The van der Waals surface area contributed by atoms with E-state index in [0.29, 0.717) is 5.92 Å². The van der Waals surface area contributed by atoms with Crippen molar-refractivity contribution in [1.82, 2.24) is 4.90 Å². The third-order valence-corrected chi connectivity index (χ3v) is 4.05. The van der Waals surface area contributed by atoms with Crippen molar-refractivity contribution in [3.8, 4) is 0 Å². The van der Waals surface area contributed by atoms with E-state index in [0.717, 1.165) is 25.1 Å². The lowest BCUT2D eigenvalue weighted by atomic mass is 9.80. The summed E-state index contributed by atoms with van der Waals surface area (Å²) >= 11 is 0. The van der Waals surface area contributed by atoms with E-state index < -0.39 is 5.82 Å². The Morgan fingerprint density at radius 3 is 2.63 bits per heavy atom. The maximum atomic E-state index is 13.8. The quantitative estimate of drug-likeness (QED) is 0.757. The molecule has 0 N–H and O–H groups in total. The highest BCUT2D eigenvalue weighted by Gasteiger charge is 2.34. The molecule has 0 saturated carbocycles. The minimum Gasteiger partial charge on any atom is -0.338 e. The van der Waals surface area contributed by atoms with E-state index in [4.69, 9.17) is 0 Å². The monoisotopic (exact) mass is 263 g/mol. The SMILES string of the molecule is Cc1ccc(F)c(C(=O)N2CCC(C(C)(C)C)C2)c1. The first kappa shape index (κ1) is 14.0. The Balaban J connectivity index is 2.16. The van der Waals surface area contributed by atoms with Crippen LogP contribution < -0.4 is 0 Å². The Kier molecular flexibility index (Phi) is 3.66. The minimum atomic E-state index is -0.421. The number of nitrogens with zero attached hydrogens (tertiary/aromatic N) is 1. The molecule has 1 aliphatic rings. The summed E-state index contributed by atoms with van der Waals surface area (Å²) < 4.78 is 13.8. The molecule has 1 fully saturated rings. The molecular formula is C16H22FNO. The largest absolute Gasteiger partial charge is 0.338 e. The lowest BCUT2D eigenvalue weighted by Crippen LogP contribution is -2.31. The van der Waals surface area contributed by atoms with Gasteiger partial charge in [0.15, 0.2) is 0 Å². The van der Waals surface area contributed by atoms with Gasteiger partial charge in [-0.3, -0.25) is 4.79 Å². The van der Waals surface area contributed by atoms with E-state index in [1.54, 1.807) is 17.0 Å². The summed E-state index contributed by atoms with van der Waals surface area (Å²) in [4.78, 5) is 14.2. The standard InChI is InChI=1S/C16H22FNO/c1-11-5-6-14(17)13(9-11)15(19)18-8-7-12(10-18)16(2,3)4/h5-6,9,12H,7-8,10H2,1-4H3. The molecular weight excluding hydrogens is 241 g/mol. The van der Waals surface area contributed by atoms with Gasteiger partial charge in [0, 0.05) is 13.1 Å². The lowest BCUT2D eigenvalue weighted by Gasteiger charge is -2.27. The number of hydrogen-bond donors (Lipinski definition) is 0. The number of amides is 1. The number of likely N-dealkylation sites (tertiary alicyclic amines) is 1. The van der Waals surface area contributed by atoms with Gasteiger partial charge >= 0.3 is 0 Å². The molecule has 1 aromatic rings. The summed E-state index contributed by atoms with van der Waals surface area (Å²) in [6.45, 7) is 9.92. The second-order valence-corrected chi connectivity index (χ2v) is 6.59. The average Bonchev–Trinajstić information content (AvgIpc) is 2.80. The summed E-state index contributed by atoms with van der Waals surface area (Å²) in [7, 11) is 0. The molecule has 0 aliphatic carbocycles. The van der Waals surface area contributed by atoms with Crippen molar-refractivity contribution in [2.75, 3.05) is 13.1 Å². The lowest BCUT2D eigenvalue weighted by molar-refractivity contribution is 0.0772. The van der Waals surface area contributed by atoms with Crippen LogP contribution in [0.2, 0.25) is 0 Å². The highest BCUT2D eigenvalue weighted by atomic mass is 19.1. The summed E-state index contributed by atoms with van der Waals surface area (Å²) in [6, 6.07) is 4.70. The summed E-state index contributed by atoms with van der Waals surface area (Å²) in [5.41, 5.74) is 1.31. The van der Waals surface area contributed by atoms with Crippen LogP contribution >= 0.6 is 0 Å². The topological polar surface area (TPSA) is 20.3 Å². The second-order valence-electron chi connectivity index (χ2n) is 6.59. The van der Waals surface area contributed by atoms with Crippen molar-refractivity contribution in [1.29, 1.82) is 0 Å². The fourth-order valence-corrected chi connectivity index (χ4v) is 2.62. The predicted octanol–water partition coefficient (Wildman–Crippen LogP) is 3.64. The molecule has 0 aromatic heterocycles. The molecule has 3 heteroatoms. The molecule has 1 atom stereocenters. The number of aryl methyl sites for hydroxylation is 1. The Morgan fingerprint density at radius 1 is 1.37 bits per heavy atom. The van der Waals surface area contributed by atoms with Gasteiger partial charge in [0.25, 0.3) is 5.91 Å². The van der Waals surface area contributed by atoms with E-state index in [1.165, 1.54) is 6.07 Å². The van der Waals surface area contributed by atoms with Crippen LogP contribution in [0.4, 0.5) is 4.39 Å². The zero-order valence-electron chi connectivity index (χ0n) is 12.2. The fraction of sp³-hybridized carbons (Fsp3) is 0.562. The van der Waals surface area contributed by atoms with Crippen LogP contribution in [0.3, 0.4) is 0 Å². The van der Waals surface area contributed by atoms with Crippen molar-refractivity contribution in [2.45, 2.75) is 34.1 Å². The molecule has 1 aliphatic heterocycles. The zero-order chi connectivity index (χ0) is 14.2. The van der Waals surface area contributed by atoms with Gasteiger partial charge in [-0.25, -0.2) is 4.39 Å².